The van der Waals surface area contributed by atoms with Gasteiger partial charge in [0.15, 0.2) is 5.54 Å². The van der Waals surface area contributed by atoms with E-state index in [1.807, 2.05) is 24.3 Å². The number of aliphatic carboxylic acids is 1. The number of halogens is 1. The maximum absolute atomic E-state index is 11.9. The van der Waals surface area contributed by atoms with Gasteiger partial charge in [-0.2, -0.15) is 0 Å². The van der Waals surface area contributed by atoms with Gasteiger partial charge in [-0.1, -0.05) is 15.9 Å². The minimum Gasteiger partial charge on any atom is -0.479 e. The van der Waals surface area contributed by atoms with Gasteiger partial charge in [-0.25, -0.2) is 4.79 Å². The molecule has 1 saturated heterocycles. The number of thioether (sulfide) groups is 1. The maximum Gasteiger partial charge on any atom is 0.331 e. The van der Waals surface area contributed by atoms with Crippen LogP contribution in [0.1, 0.15) is 6.42 Å². The number of hydrogen-bond acceptors (Lipinski definition) is 4. The molecule has 5 nitrogen and oxygen atoms in total. The summed E-state index contributed by atoms with van der Waals surface area (Å²) in [5.41, 5.74) is -1.27. The van der Waals surface area contributed by atoms with Crippen LogP contribution in [0, 0.1) is 0 Å². The van der Waals surface area contributed by atoms with Gasteiger partial charge in [-0.15, -0.1) is 11.8 Å². The Bertz CT molecular complexity index is 500. The molecule has 2 rings (SSSR count). The zero-order valence-corrected chi connectivity index (χ0v) is 13.0. The predicted molar refractivity (Wildman–Crippen MR) is 78.8 cm³/mol. The lowest BCUT2D eigenvalue weighted by molar-refractivity contribution is -0.147. The van der Waals surface area contributed by atoms with Crippen LogP contribution < -0.4 is 5.32 Å². The molecule has 2 N–H and O–H groups in total. The Kier molecular flexibility index (Phi) is 5.06. The van der Waals surface area contributed by atoms with Crippen LogP contribution in [0.4, 0.5) is 0 Å². The van der Waals surface area contributed by atoms with Gasteiger partial charge in [0.05, 0.1) is 12.4 Å². The number of hydrogen-bond donors (Lipinski definition) is 2. The molecular formula is C13H14BrNO4S. The molecule has 0 radical (unpaired) electrons. The molecule has 0 spiro atoms. The number of carbonyl (C=O) groups excluding carboxylic acids is 1. The number of benzene rings is 1. The van der Waals surface area contributed by atoms with Crippen molar-refractivity contribution < 1.29 is 19.4 Å². The highest BCUT2D eigenvalue weighted by Crippen LogP contribution is 2.22. The van der Waals surface area contributed by atoms with E-state index in [0.29, 0.717) is 13.0 Å². The molecule has 0 aromatic heterocycles. The normalized spacial score (nSPS) is 21.6. The molecule has 1 heterocycles. The quantitative estimate of drug-likeness (QED) is 0.785. The molecule has 1 amide bonds. The van der Waals surface area contributed by atoms with Gasteiger partial charge < -0.3 is 15.2 Å². The SMILES string of the molecule is O=C(CSc1ccc(Br)cc1)NC1(C(=O)O)CCOC1. The van der Waals surface area contributed by atoms with Crippen molar-refractivity contribution in [2.24, 2.45) is 0 Å². The predicted octanol–water partition coefficient (Wildman–Crippen LogP) is 1.90. The lowest BCUT2D eigenvalue weighted by atomic mass is 9.99. The highest BCUT2D eigenvalue weighted by atomic mass is 79.9. The third kappa shape index (κ3) is 3.74. The van der Waals surface area contributed by atoms with E-state index in [1.165, 1.54) is 11.8 Å². The van der Waals surface area contributed by atoms with Crippen LogP contribution in [0.2, 0.25) is 0 Å². The number of carboxylic acids is 1. The Morgan fingerprint density at radius 1 is 1.40 bits per heavy atom. The summed E-state index contributed by atoms with van der Waals surface area (Å²) in [6.07, 6.45) is 0.303. The van der Waals surface area contributed by atoms with Gasteiger partial charge in [0.1, 0.15) is 0 Å². The molecule has 1 aliphatic rings. The molecule has 1 aliphatic heterocycles. The summed E-state index contributed by atoms with van der Waals surface area (Å²) in [5, 5.41) is 11.8. The van der Waals surface area contributed by atoms with Gasteiger partial charge in [0.2, 0.25) is 5.91 Å². The van der Waals surface area contributed by atoms with Gasteiger partial charge in [-0.3, -0.25) is 4.79 Å². The standard InChI is InChI=1S/C13H14BrNO4S/c14-9-1-3-10(4-2-9)20-7-11(16)15-13(12(17)18)5-6-19-8-13/h1-4H,5-8H2,(H,15,16)(H,17,18). The Hall–Kier alpha value is -1.05. The lowest BCUT2D eigenvalue weighted by Crippen LogP contribution is -2.55. The van der Waals surface area contributed by atoms with Crippen molar-refractivity contribution in [3.05, 3.63) is 28.7 Å². The van der Waals surface area contributed by atoms with Crippen LogP contribution >= 0.6 is 27.7 Å². The van der Waals surface area contributed by atoms with E-state index in [4.69, 9.17) is 4.74 Å². The van der Waals surface area contributed by atoms with E-state index in [2.05, 4.69) is 21.2 Å². The van der Waals surface area contributed by atoms with Crippen molar-refractivity contribution in [3.63, 3.8) is 0 Å². The van der Waals surface area contributed by atoms with Crippen LogP contribution in [0.15, 0.2) is 33.6 Å². The molecule has 1 atom stereocenters. The van der Waals surface area contributed by atoms with Crippen LogP contribution in [0.3, 0.4) is 0 Å². The number of amides is 1. The first-order chi connectivity index (χ1) is 9.52. The second kappa shape index (κ2) is 6.60. The molecule has 1 aromatic rings. The van der Waals surface area contributed by atoms with Crippen LogP contribution in [-0.4, -0.2) is 41.5 Å². The smallest absolute Gasteiger partial charge is 0.331 e. The molecule has 0 bridgehead atoms. The van der Waals surface area contributed by atoms with Crippen LogP contribution in [0.25, 0.3) is 0 Å². The highest BCUT2D eigenvalue weighted by Gasteiger charge is 2.43. The van der Waals surface area contributed by atoms with Crippen molar-refractivity contribution in [2.75, 3.05) is 19.0 Å². The van der Waals surface area contributed by atoms with Crippen LogP contribution in [0.5, 0.6) is 0 Å². The first-order valence-corrected chi connectivity index (χ1v) is 7.80. The lowest BCUT2D eigenvalue weighted by Gasteiger charge is -2.23. The van der Waals surface area contributed by atoms with E-state index < -0.39 is 11.5 Å². The molecule has 0 saturated carbocycles. The number of nitrogens with one attached hydrogen (secondary N) is 1. The van der Waals surface area contributed by atoms with E-state index in [-0.39, 0.29) is 18.3 Å². The Morgan fingerprint density at radius 2 is 2.10 bits per heavy atom. The first kappa shape index (κ1) is 15.3. The molecule has 0 aliphatic carbocycles. The van der Waals surface area contributed by atoms with Crippen molar-refractivity contribution in [3.8, 4) is 0 Å². The molecule has 1 unspecified atom stereocenters. The Labute approximate surface area is 129 Å². The average molecular weight is 360 g/mol. The Morgan fingerprint density at radius 3 is 2.65 bits per heavy atom. The van der Waals surface area contributed by atoms with E-state index in [0.717, 1.165) is 9.37 Å². The second-order valence-corrected chi connectivity index (χ2v) is 6.45. The largest absolute Gasteiger partial charge is 0.479 e. The minimum atomic E-state index is -1.27. The third-order valence-corrected chi connectivity index (χ3v) is 4.53. The summed E-state index contributed by atoms with van der Waals surface area (Å²) >= 11 is 4.70. The average Bonchev–Trinajstić information content (AvgIpc) is 2.88. The zero-order valence-electron chi connectivity index (χ0n) is 10.6. The summed E-state index contributed by atoms with van der Waals surface area (Å²) in [4.78, 5) is 24.1. The summed E-state index contributed by atoms with van der Waals surface area (Å²) in [6, 6.07) is 7.58. The van der Waals surface area contributed by atoms with Gasteiger partial charge >= 0.3 is 5.97 Å². The first-order valence-electron chi connectivity index (χ1n) is 6.02. The van der Waals surface area contributed by atoms with Crippen molar-refractivity contribution in [1.29, 1.82) is 0 Å². The zero-order chi connectivity index (χ0) is 14.6. The third-order valence-electron chi connectivity index (χ3n) is 2.99. The molecule has 108 valence electrons. The number of carbonyl (C=O) groups is 2. The van der Waals surface area contributed by atoms with E-state index in [9.17, 15) is 14.7 Å². The van der Waals surface area contributed by atoms with Crippen molar-refractivity contribution >= 4 is 39.6 Å². The fourth-order valence-corrected chi connectivity index (χ4v) is 2.83. The van der Waals surface area contributed by atoms with Crippen LogP contribution in [-0.2, 0) is 14.3 Å². The van der Waals surface area contributed by atoms with E-state index >= 15 is 0 Å². The maximum atomic E-state index is 11.9. The molecule has 20 heavy (non-hydrogen) atoms. The fraction of sp³-hybridized carbons (Fsp3) is 0.385. The van der Waals surface area contributed by atoms with Crippen molar-refractivity contribution in [1.82, 2.24) is 5.32 Å². The van der Waals surface area contributed by atoms with Gasteiger partial charge in [-0.05, 0) is 24.3 Å². The monoisotopic (exact) mass is 359 g/mol. The molecule has 1 fully saturated rings. The summed E-state index contributed by atoms with van der Waals surface area (Å²) in [5.74, 6) is -1.17. The molecular weight excluding hydrogens is 346 g/mol. The van der Waals surface area contributed by atoms with E-state index in [1.54, 1.807) is 0 Å². The second-order valence-electron chi connectivity index (χ2n) is 4.48. The molecule has 7 heteroatoms. The van der Waals surface area contributed by atoms with Crippen molar-refractivity contribution in [2.45, 2.75) is 16.9 Å². The van der Waals surface area contributed by atoms with Gasteiger partial charge in [0.25, 0.3) is 0 Å². The topological polar surface area (TPSA) is 75.6 Å². The Balaban J connectivity index is 1.89. The number of ether oxygens (including phenoxy) is 1. The molecule has 1 aromatic carbocycles. The summed E-state index contributed by atoms with van der Waals surface area (Å²) < 4.78 is 6.06. The highest BCUT2D eigenvalue weighted by molar-refractivity contribution is 9.10. The minimum absolute atomic E-state index is 0.0248. The summed E-state index contributed by atoms with van der Waals surface area (Å²) in [7, 11) is 0. The number of carboxylic acid groups (broad SMARTS) is 1. The summed E-state index contributed by atoms with van der Waals surface area (Å²) in [6.45, 7) is 0.378. The number of rotatable bonds is 5. The van der Waals surface area contributed by atoms with Gasteiger partial charge in [0, 0.05) is 22.4 Å². The fourth-order valence-electron chi connectivity index (χ4n) is 1.87.